The molecule has 0 unspecified atom stereocenters. The van der Waals surface area contributed by atoms with Crippen LogP contribution in [0.1, 0.15) is 35.8 Å². The van der Waals surface area contributed by atoms with Gasteiger partial charge in [-0.25, -0.2) is 0 Å². The van der Waals surface area contributed by atoms with E-state index in [9.17, 15) is 4.79 Å². The third-order valence-electron chi connectivity index (χ3n) is 3.69. The molecule has 0 fully saturated rings. The SMILES string of the molecule is CCOc1ccccc1C(=O)N[C@H](C)c1ccc(OC)c(OC)c1. The molecule has 2 aromatic carbocycles. The van der Waals surface area contributed by atoms with Gasteiger partial charge in [-0.3, -0.25) is 4.79 Å². The maximum Gasteiger partial charge on any atom is 0.255 e. The van der Waals surface area contributed by atoms with Crippen LogP contribution in [0.25, 0.3) is 0 Å². The van der Waals surface area contributed by atoms with Gasteiger partial charge in [0.25, 0.3) is 5.91 Å². The van der Waals surface area contributed by atoms with Crippen LogP contribution in [0.3, 0.4) is 0 Å². The first kappa shape index (κ1) is 17.7. The Balaban J connectivity index is 2.17. The van der Waals surface area contributed by atoms with Crippen molar-refractivity contribution < 1.29 is 19.0 Å². The van der Waals surface area contributed by atoms with Crippen LogP contribution in [0.15, 0.2) is 42.5 Å². The maximum absolute atomic E-state index is 12.6. The van der Waals surface area contributed by atoms with Crippen LogP contribution in [0.5, 0.6) is 17.2 Å². The minimum Gasteiger partial charge on any atom is -0.493 e. The summed E-state index contributed by atoms with van der Waals surface area (Å²) < 4.78 is 16.1. The number of carbonyl (C=O) groups is 1. The molecule has 0 aromatic heterocycles. The Labute approximate surface area is 142 Å². The lowest BCUT2D eigenvalue weighted by atomic mass is 10.1. The summed E-state index contributed by atoms with van der Waals surface area (Å²) in [6.45, 7) is 4.32. The number of nitrogens with one attached hydrogen (secondary N) is 1. The number of amides is 1. The number of methoxy groups -OCH3 is 2. The zero-order valence-electron chi connectivity index (χ0n) is 14.5. The highest BCUT2D eigenvalue weighted by Crippen LogP contribution is 2.30. The molecular weight excluding hydrogens is 306 g/mol. The summed E-state index contributed by atoms with van der Waals surface area (Å²) in [5.41, 5.74) is 1.45. The summed E-state index contributed by atoms with van der Waals surface area (Å²) in [6, 6.07) is 12.6. The molecule has 128 valence electrons. The van der Waals surface area contributed by atoms with Crippen molar-refractivity contribution in [3.05, 3.63) is 53.6 Å². The molecule has 1 N–H and O–H groups in total. The lowest BCUT2D eigenvalue weighted by Gasteiger charge is -2.17. The van der Waals surface area contributed by atoms with Gasteiger partial charge < -0.3 is 19.5 Å². The normalized spacial score (nSPS) is 11.5. The van der Waals surface area contributed by atoms with Crippen molar-refractivity contribution in [2.45, 2.75) is 19.9 Å². The monoisotopic (exact) mass is 329 g/mol. The highest BCUT2D eigenvalue weighted by molar-refractivity contribution is 5.97. The van der Waals surface area contributed by atoms with E-state index < -0.39 is 0 Å². The van der Waals surface area contributed by atoms with Gasteiger partial charge in [-0.1, -0.05) is 18.2 Å². The number of hydrogen-bond donors (Lipinski definition) is 1. The first-order valence-corrected chi connectivity index (χ1v) is 7.85. The van der Waals surface area contributed by atoms with Gasteiger partial charge in [0.1, 0.15) is 5.75 Å². The van der Waals surface area contributed by atoms with Crippen molar-refractivity contribution in [1.29, 1.82) is 0 Å². The van der Waals surface area contributed by atoms with Crippen molar-refractivity contribution >= 4 is 5.91 Å². The number of rotatable bonds is 7. The second-order valence-corrected chi connectivity index (χ2v) is 5.24. The van der Waals surface area contributed by atoms with Crippen molar-refractivity contribution in [3.8, 4) is 17.2 Å². The third kappa shape index (κ3) is 3.98. The third-order valence-corrected chi connectivity index (χ3v) is 3.69. The average Bonchev–Trinajstić information content (AvgIpc) is 2.61. The van der Waals surface area contributed by atoms with E-state index >= 15 is 0 Å². The van der Waals surface area contributed by atoms with Crippen LogP contribution in [-0.2, 0) is 0 Å². The van der Waals surface area contributed by atoms with Crippen LogP contribution in [0, 0.1) is 0 Å². The fourth-order valence-corrected chi connectivity index (χ4v) is 2.42. The van der Waals surface area contributed by atoms with Crippen molar-refractivity contribution in [3.63, 3.8) is 0 Å². The van der Waals surface area contributed by atoms with Crippen LogP contribution in [-0.4, -0.2) is 26.7 Å². The summed E-state index contributed by atoms with van der Waals surface area (Å²) in [5, 5.41) is 2.98. The van der Waals surface area contributed by atoms with Crippen LogP contribution >= 0.6 is 0 Å². The second kappa shape index (κ2) is 8.24. The van der Waals surface area contributed by atoms with Gasteiger partial charge in [0.2, 0.25) is 0 Å². The topological polar surface area (TPSA) is 56.8 Å². The Hall–Kier alpha value is -2.69. The van der Waals surface area contributed by atoms with Crippen LogP contribution in [0.4, 0.5) is 0 Å². The minimum absolute atomic E-state index is 0.179. The quantitative estimate of drug-likeness (QED) is 0.843. The molecule has 0 aliphatic heterocycles. The molecule has 0 saturated carbocycles. The molecule has 1 amide bonds. The summed E-state index contributed by atoms with van der Waals surface area (Å²) in [7, 11) is 3.18. The number of hydrogen-bond acceptors (Lipinski definition) is 4. The Morgan fingerprint density at radius 3 is 2.42 bits per heavy atom. The molecule has 0 bridgehead atoms. The molecule has 0 aliphatic carbocycles. The van der Waals surface area contributed by atoms with Crippen LogP contribution < -0.4 is 19.5 Å². The fourth-order valence-electron chi connectivity index (χ4n) is 2.42. The Morgan fingerprint density at radius 1 is 1.04 bits per heavy atom. The molecule has 0 saturated heterocycles. The van der Waals surface area contributed by atoms with Gasteiger partial charge in [0.05, 0.1) is 32.4 Å². The largest absolute Gasteiger partial charge is 0.493 e. The molecule has 0 spiro atoms. The van der Waals surface area contributed by atoms with Crippen molar-refractivity contribution in [1.82, 2.24) is 5.32 Å². The van der Waals surface area contributed by atoms with Gasteiger partial charge in [-0.05, 0) is 43.7 Å². The lowest BCUT2D eigenvalue weighted by molar-refractivity contribution is 0.0936. The standard InChI is InChI=1S/C19H23NO4/c1-5-24-16-9-7-6-8-15(16)19(21)20-13(2)14-10-11-17(22-3)18(12-14)23-4/h6-13H,5H2,1-4H3,(H,20,21)/t13-/m1/s1. The minimum atomic E-state index is -0.188. The Kier molecular flexibility index (Phi) is 6.07. The molecule has 2 rings (SSSR count). The lowest BCUT2D eigenvalue weighted by Crippen LogP contribution is -2.27. The first-order chi connectivity index (χ1) is 11.6. The molecule has 0 aliphatic rings. The summed E-state index contributed by atoms with van der Waals surface area (Å²) in [4.78, 5) is 12.6. The second-order valence-electron chi connectivity index (χ2n) is 5.24. The van der Waals surface area contributed by atoms with E-state index in [1.165, 1.54) is 0 Å². The van der Waals surface area contributed by atoms with Gasteiger partial charge in [-0.2, -0.15) is 0 Å². The van der Waals surface area contributed by atoms with E-state index in [0.29, 0.717) is 29.4 Å². The summed E-state index contributed by atoms with van der Waals surface area (Å²) >= 11 is 0. The molecule has 0 radical (unpaired) electrons. The number of benzene rings is 2. The van der Waals surface area contributed by atoms with E-state index in [1.54, 1.807) is 26.4 Å². The van der Waals surface area contributed by atoms with Gasteiger partial charge in [-0.15, -0.1) is 0 Å². The van der Waals surface area contributed by atoms with E-state index in [-0.39, 0.29) is 11.9 Å². The maximum atomic E-state index is 12.6. The molecule has 5 nitrogen and oxygen atoms in total. The molecular formula is C19H23NO4. The Bertz CT molecular complexity index is 700. The first-order valence-electron chi connectivity index (χ1n) is 7.85. The molecule has 5 heteroatoms. The predicted molar refractivity (Wildman–Crippen MR) is 93.0 cm³/mol. The zero-order chi connectivity index (χ0) is 17.5. The summed E-state index contributed by atoms with van der Waals surface area (Å²) in [5.74, 6) is 1.69. The van der Waals surface area contributed by atoms with E-state index in [0.717, 1.165) is 5.56 Å². The van der Waals surface area contributed by atoms with Crippen molar-refractivity contribution in [2.75, 3.05) is 20.8 Å². The van der Waals surface area contributed by atoms with Crippen LogP contribution in [0.2, 0.25) is 0 Å². The predicted octanol–water partition coefficient (Wildman–Crippen LogP) is 3.59. The Morgan fingerprint density at radius 2 is 1.75 bits per heavy atom. The van der Waals surface area contributed by atoms with E-state index in [1.807, 2.05) is 44.2 Å². The number of ether oxygens (including phenoxy) is 3. The van der Waals surface area contributed by atoms with E-state index in [4.69, 9.17) is 14.2 Å². The van der Waals surface area contributed by atoms with Gasteiger partial charge >= 0.3 is 0 Å². The fraction of sp³-hybridized carbons (Fsp3) is 0.316. The molecule has 1 atom stereocenters. The van der Waals surface area contributed by atoms with Crippen molar-refractivity contribution in [2.24, 2.45) is 0 Å². The summed E-state index contributed by atoms with van der Waals surface area (Å²) in [6.07, 6.45) is 0. The average molecular weight is 329 g/mol. The van der Waals surface area contributed by atoms with Gasteiger partial charge in [0.15, 0.2) is 11.5 Å². The smallest absolute Gasteiger partial charge is 0.255 e. The number of carbonyl (C=O) groups excluding carboxylic acids is 1. The highest BCUT2D eigenvalue weighted by atomic mass is 16.5. The number of para-hydroxylation sites is 1. The van der Waals surface area contributed by atoms with E-state index in [2.05, 4.69) is 5.32 Å². The highest BCUT2D eigenvalue weighted by Gasteiger charge is 2.16. The molecule has 0 heterocycles. The molecule has 2 aromatic rings. The molecule has 24 heavy (non-hydrogen) atoms. The van der Waals surface area contributed by atoms with Gasteiger partial charge in [0, 0.05) is 0 Å². The zero-order valence-corrected chi connectivity index (χ0v) is 14.5.